The maximum absolute atomic E-state index is 12.0. The van der Waals surface area contributed by atoms with E-state index in [1.54, 1.807) is 27.6 Å². The highest BCUT2D eigenvalue weighted by Crippen LogP contribution is 2.44. The summed E-state index contributed by atoms with van der Waals surface area (Å²) in [7, 11) is 0. The van der Waals surface area contributed by atoms with Gasteiger partial charge in [0.2, 0.25) is 0 Å². The Kier molecular flexibility index (Phi) is 6.00. The Morgan fingerprint density at radius 1 is 1.17 bits per heavy atom. The zero-order valence-electron chi connectivity index (χ0n) is 17.6. The summed E-state index contributed by atoms with van der Waals surface area (Å²) in [5.41, 5.74) is 3.02. The molecule has 0 radical (unpaired) electrons. The Morgan fingerprint density at radius 2 is 2.00 bits per heavy atom. The van der Waals surface area contributed by atoms with Gasteiger partial charge in [0.05, 0.1) is 23.5 Å². The van der Waals surface area contributed by atoms with Crippen LogP contribution in [0.5, 0.6) is 5.75 Å². The first-order valence-corrected chi connectivity index (χ1v) is 11.1. The molecule has 158 valence electrons. The summed E-state index contributed by atoms with van der Waals surface area (Å²) < 4.78 is 9.54. The molecular formula is C24H28ClN3O2. The second kappa shape index (κ2) is 8.68. The first-order valence-electron chi connectivity index (χ1n) is 10.7. The van der Waals surface area contributed by atoms with E-state index in [1.165, 1.54) is 19.3 Å². The van der Waals surface area contributed by atoms with Gasteiger partial charge in [-0.05, 0) is 49.9 Å². The Balaban J connectivity index is 1.52. The van der Waals surface area contributed by atoms with Gasteiger partial charge >= 0.3 is 0 Å². The fourth-order valence-corrected chi connectivity index (χ4v) is 4.29. The van der Waals surface area contributed by atoms with Crippen molar-refractivity contribution in [2.45, 2.75) is 52.5 Å². The summed E-state index contributed by atoms with van der Waals surface area (Å²) in [5, 5.41) is 5.11. The van der Waals surface area contributed by atoms with Crippen molar-refractivity contribution in [1.82, 2.24) is 14.3 Å². The Hall–Kier alpha value is -2.53. The van der Waals surface area contributed by atoms with Crippen molar-refractivity contribution in [3.63, 3.8) is 0 Å². The van der Waals surface area contributed by atoms with Crippen LogP contribution in [-0.4, -0.2) is 21.0 Å². The number of rotatable bonds is 8. The molecule has 1 fully saturated rings. The molecule has 0 amide bonds. The number of benzene rings is 1. The lowest BCUT2D eigenvalue weighted by Gasteiger charge is -2.40. The van der Waals surface area contributed by atoms with E-state index in [9.17, 15) is 4.79 Å². The van der Waals surface area contributed by atoms with Gasteiger partial charge in [0.1, 0.15) is 5.75 Å². The number of hydrogen-bond donors (Lipinski definition) is 0. The third-order valence-electron chi connectivity index (χ3n) is 6.24. The predicted molar refractivity (Wildman–Crippen MR) is 121 cm³/mol. The first kappa shape index (κ1) is 20.7. The van der Waals surface area contributed by atoms with E-state index in [2.05, 4.69) is 18.9 Å². The van der Waals surface area contributed by atoms with Crippen LogP contribution >= 0.6 is 11.6 Å². The molecule has 5 nitrogen and oxygen atoms in total. The monoisotopic (exact) mass is 425 g/mol. The van der Waals surface area contributed by atoms with Crippen LogP contribution in [0.2, 0.25) is 5.02 Å². The Labute approximate surface area is 182 Å². The topological polar surface area (TPSA) is 49.0 Å². The lowest BCUT2D eigenvalue weighted by molar-refractivity contribution is 0.0538. The summed E-state index contributed by atoms with van der Waals surface area (Å²) >= 11 is 6.58. The fraction of sp³-hybridized carbons (Fsp3) is 0.417. The normalized spacial score (nSPS) is 15.0. The van der Waals surface area contributed by atoms with Crippen molar-refractivity contribution in [3.05, 3.63) is 64.3 Å². The van der Waals surface area contributed by atoms with Gasteiger partial charge in [-0.1, -0.05) is 31.9 Å². The molecule has 0 bridgehead atoms. The third-order valence-corrected chi connectivity index (χ3v) is 6.55. The highest BCUT2D eigenvalue weighted by atomic mass is 35.5. The Bertz CT molecular complexity index is 1080. The zero-order chi connectivity index (χ0) is 21.1. The minimum absolute atomic E-state index is 0.00151. The van der Waals surface area contributed by atoms with E-state index < -0.39 is 0 Å². The second-order valence-electron chi connectivity index (χ2n) is 8.23. The number of pyridine rings is 1. The summed E-state index contributed by atoms with van der Waals surface area (Å²) in [4.78, 5) is 12.0. The standard InChI is InChI=1S/C24H28ClN3O2/c1-3-12-27-16-19(6-9-23(27)29)28-15-18(14-26-28)21-8-7-20(13-22(21)25)30-17-24(4-2)10-5-11-24/h6-9,13-16H,3-5,10-12,17H2,1-2H3. The minimum Gasteiger partial charge on any atom is -0.493 e. The van der Waals surface area contributed by atoms with Crippen molar-refractivity contribution in [2.24, 2.45) is 5.41 Å². The molecule has 1 aliphatic rings. The van der Waals surface area contributed by atoms with Gasteiger partial charge in [-0.25, -0.2) is 4.68 Å². The second-order valence-corrected chi connectivity index (χ2v) is 8.64. The summed E-state index contributed by atoms with van der Waals surface area (Å²) in [6.07, 6.45) is 11.4. The number of aromatic nitrogens is 3. The van der Waals surface area contributed by atoms with E-state index in [-0.39, 0.29) is 5.56 Å². The first-order chi connectivity index (χ1) is 14.5. The third kappa shape index (κ3) is 4.17. The van der Waals surface area contributed by atoms with E-state index in [0.717, 1.165) is 42.0 Å². The minimum atomic E-state index is -0.00151. The van der Waals surface area contributed by atoms with E-state index >= 15 is 0 Å². The molecule has 30 heavy (non-hydrogen) atoms. The van der Waals surface area contributed by atoms with Crippen molar-refractivity contribution < 1.29 is 4.74 Å². The maximum Gasteiger partial charge on any atom is 0.250 e. The van der Waals surface area contributed by atoms with Gasteiger partial charge in [-0.2, -0.15) is 5.10 Å². The van der Waals surface area contributed by atoms with Gasteiger partial charge in [-0.3, -0.25) is 4.79 Å². The average molecular weight is 426 g/mol. The molecule has 0 unspecified atom stereocenters. The highest BCUT2D eigenvalue weighted by molar-refractivity contribution is 6.33. The SMILES string of the molecule is CCCn1cc(-n2cc(-c3ccc(OCC4(CC)CCC4)cc3Cl)cn2)ccc1=O. The molecule has 4 rings (SSSR count). The number of nitrogens with zero attached hydrogens (tertiary/aromatic N) is 3. The molecular weight excluding hydrogens is 398 g/mol. The van der Waals surface area contributed by atoms with Gasteiger partial charge < -0.3 is 9.30 Å². The molecule has 3 aromatic rings. The highest BCUT2D eigenvalue weighted by Gasteiger charge is 2.35. The van der Waals surface area contributed by atoms with Crippen LogP contribution in [0.1, 0.15) is 46.0 Å². The predicted octanol–water partition coefficient (Wildman–Crippen LogP) is 5.72. The van der Waals surface area contributed by atoms with Crippen LogP contribution in [0.4, 0.5) is 0 Å². The number of halogens is 1. The molecule has 6 heteroatoms. The molecule has 1 saturated carbocycles. The van der Waals surface area contributed by atoms with Crippen LogP contribution in [0, 0.1) is 5.41 Å². The smallest absolute Gasteiger partial charge is 0.250 e. The lowest BCUT2D eigenvalue weighted by Crippen LogP contribution is -2.34. The number of ether oxygens (including phenoxy) is 1. The molecule has 2 heterocycles. The van der Waals surface area contributed by atoms with Crippen molar-refractivity contribution in [1.29, 1.82) is 0 Å². The molecule has 0 atom stereocenters. The van der Waals surface area contributed by atoms with Crippen molar-refractivity contribution in [3.8, 4) is 22.6 Å². The number of aryl methyl sites for hydroxylation is 1. The van der Waals surface area contributed by atoms with Crippen LogP contribution < -0.4 is 10.3 Å². The molecule has 0 spiro atoms. The van der Waals surface area contributed by atoms with Crippen LogP contribution in [0.3, 0.4) is 0 Å². The molecule has 0 saturated heterocycles. The molecule has 1 aliphatic carbocycles. The van der Waals surface area contributed by atoms with Crippen LogP contribution in [-0.2, 0) is 6.54 Å². The summed E-state index contributed by atoms with van der Waals surface area (Å²) in [6, 6.07) is 9.21. The van der Waals surface area contributed by atoms with Gasteiger partial charge in [-0.15, -0.1) is 0 Å². The lowest BCUT2D eigenvalue weighted by atomic mass is 9.68. The van der Waals surface area contributed by atoms with E-state index in [1.807, 2.05) is 30.6 Å². The molecule has 2 aromatic heterocycles. The molecule has 1 aromatic carbocycles. The average Bonchev–Trinajstić information content (AvgIpc) is 3.19. The summed E-state index contributed by atoms with van der Waals surface area (Å²) in [5.74, 6) is 0.808. The Morgan fingerprint density at radius 3 is 2.67 bits per heavy atom. The quantitative estimate of drug-likeness (QED) is 0.463. The molecule has 0 N–H and O–H groups in total. The summed E-state index contributed by atoms with van der Waals surface area (Å²) in [6.45, 7) is 5.73. The van der Waals surface area contributed by atoms with E-state index in [0.29, 0.717) is 17.0 Å². The zero-order valence-corrected chi connectivity index (χ0v) is 18.4. The largest absolute Gasteiger partial charge is 0.493 e. The van der Waals surface area contributed by atoms with Crippen molar-refractivity contribution >= 4 is 11.6 Å². The van der Waals surface area contributed by atoms with Crippen molar-refractivity contribution in [2.75, 3.05) is 6.61 Å². The number of hydrogen-bond acceptors (Lipinski definition) is 3. The maximum atomic E-state index is 12.0. The van der Waals surface area contributed by atoms with Gasteiger partial charge in [0.25, 0.3) is 5.56 Å². The van der Waals surface area contributed by atoms with Gasteiger partial charge in [0, 0.05) is 41.5 Å². The van der Waals surface area contributed by atoms with E-state index in [4.69, 9.17) is 16.3 Å². The van der Waals surface area contributed by atoms with Crippen LogP contribution in [0.15, 0.2) is 53.7 Å². The molecule has 0 aliphatic heterocycles. The fourth-order valence-electron chi connectivity index (χ4n) is 4.01. The van der Waals surface area contributed by atoms with Gasteiger partial charge in [0.15, 0.2) is 0 Å². The van der Waals surface area contributed by atoms with Crippen LogP contribution in [0.25, 0.3) is 16.8 Å².